The van der Waals surface area contributed by atoms with Gasteiger partial charge in [-0.1, -0.05) is 53.8 Å². The minimum absolute atomic E-state index is 0.280. The third-order valence-corrected chi connectivity index (χ3v) is 8.25. The number of allylic oxidation sites excluding steroid dienone is 1. The molecule has 6 rings (SSSR count). The van der Waals surface area contributed by atoms with Gasteiger partial charge in [-0.25, -0.2) is 9.79 Å². The van der Waals surface area contributed by atoms with Crippen LogP contribution in [0.25, 0.3) is 17.4 Å². The molecule has 9 nitrogen and oxygen atoms in total. The first-order chi connectivity index (χ1) is 21.9. The molecule has 0 saturated carbocycles. The van der Waals surface area contributed by atoms with Crippen LogP contribution in [0.4, 0.5) is 5.69 Å². The monoisotopic (exact) mass is 619 g/mol. The Balaban J connectivity index is 1.41. The Hall–Kier alpha value is -5.48. The predicted octanol–water partition coefficient (Wildman–Crippen LogP) is 5.32. The first kappa shape index (κ1) is 29.6. The lowest BCUT2D eigenvalue weighted by molar-refractivity contribution is -0.113. The Bertz CT molecular complexity index is 2120. The number of nitrogens with one attached hydrogen (secondary N) is 1. The van der Waals surface area contributed by atoms with E-state index in [1.165, 1.54) is 11.3 Å². The Kier molecular flexibility index (Phi) is 8.30. The van der Waals surface area contributed by atoms with Gasteiger partial charge in [0.05, 0.1) is 41.1 Å². The van der Waals surface area contributed by atoms with Gasteiger partial charge in [0.15, 0.2) is 4.80 Å². The molecule has 0 radical (unpaired) electrons. The van der Waals surface area contributed by atoms with Crippen molar-refractivity contribution in [3.63, 3.8) is 0 Å². The van der Waals surface area contributed by atoms with Crippen LogP contribution < -0.4 is 24.9 Å². The van der Waals surface area contributed by atoms with Crippen LogP contribution in [0.3, 0.4) is 0 Å². The maximum atomic E-state index is 14.1. The van der Waals surface area contributed by atoms with Gasteiger partial charge < -0.3 is 19.2 Å². The highest BCUT2D eigenvalue weighted by Crippen LogP contribution is 2.32. The molecule has 2 aromatic heterocycles. The first-order valence-corrected chi connectivity index (χ1v) is 15.1. The zero-order valence-electron chi connectivity index (χ0n) is 24.8. The summed E-state index contributed by atoms with van der Waals surface area (Å²) in [7, 11) is 1.57. The van der Waals surface area contributed by atoms with E-state index < -0.39 is 12.0 Å². The van der Waals surface area contributed by atoms with E-state index in [0.29, 0.717) is 60.3 Å². The summed E-state index contributed by atoms with van der Waals surface area (Å²) in [5.74, 6) is 0.815. The Morgan fingerprint density at radius 3 is 2.60 bits per heavy atom. The number of para-hydroxylation sites is 1. The van der Waals surface area contributed by atoms with Gasteiger partial charge in [0.25, 0.3) is 11.5 Å². The molecule has 1 N–H and O–H groups in total. The van der Waals surface area contributed by atoms with Crippen molar-refractivity contribution >= 4 is 35.0 Å². The fourth-order valence-electron chi connectivity index (χ4n) is 5.19. The number of carbonyl (C=O) groups is 2. The number of hydrogen-bond acceptors (Lipinski definition) is 8. The number of ether oxygens (including phenoxy) is 2. The molecule has 45 heavy (non-hydrogen) atoms. The second kappa shape index (κ2) is 12.6. The summed E-state index contributed by atoms with van der Waals surface area (Å²) < 4.78 is 18.6. The van der Waals surface area contributed by atoms with E-state index in [9.17, 15) is 14.4 Å². The number of carbonyl (C=O) groups excluding carboxylic acids is 2. The second-order valence-electron chi connectivity index (χ2n) is 10.2. The summed E-state index contributed by atoms with van der Waals surface area (Å²) in [6, 6.07) is 26.2. The Morgan fingerprint density at radius 1 is 1.02 bits per heavy atom. The van der Waals surface area contributed by atoms with Gasteiger partial charge in [-0.15, -0.1) is 0 Å². The molecular weight excluding hydrogens is 590 g/mol. The van der Waals surface area contributed by atoms with Crippen LogP contribution in [0.15, 0.2) is 116 Å². The van der Waals surface area contributed by atoms with Crippen molar-refractivity contribution in [2.45, 2.75) is 19.9 Å². The fourth-order valence-corrected chi connectivity index (χ4v) is 6.21. The van der Waals surface area contributed by atoms with E-state index in [1.54, 1.807) is 74.1 Å². The van der Waals surface area contributed by atoms with Gasteiger partial charge in [0.1, 0.15) is 17.3 Å². The van der Waals surface area contributed by atoms with Crippen molar-refractivity contribution < 1.29 is 23.5 Å². The third-order valence-electron chi connectivity index (χ3n) is 7.27. The van der Waals surface area contributed by atoms with Gasteiger partial charge in [0, 0.05) is 17.3 Å². The summed E-state index contributed by atoms with van der Waals surface area (Å²) in [6.07, 6.45) is 1.66. The summed E-state index contributed by atoms with van der Waals surface area (Å²) in [5.41, 5.74) is 3.00. The van der Waals surface area contributed by atoms with E-state index in [1.807, 2.05) is 48.5 Å². The van der Waals surface area contributed by atoms with E-state index in [0.717, 1.165) is 0 Å². The van der Waals surface area contributed by atoms with Crippen molar-refractivity contribution in [1.29, 1.82) is 0 Å². The molecule has 0 spiro atoms. The van der Waals surface area contributed by atoms with Crippen LogP contribution in [-0.2, 0) is 9.53 Å². The SMILES string of the molecule is CCOC(=O)c1cccc(-c2ccc(/C=c3\sc4n(c3=O)[C@@H](c3cccc(OC)c3)C(C(=O)Nc3ccccc3)=C(C)N=4)o2)c1. The normalized spacial score (nSPS) is 14.5. The lowest BCUT2D eigenvalue weighted by Gasteiger charge is -2.25. The second-order valence-corrected chi connectivity index (χ2v) is 11.2. The van der Waals surface area contributed by atoms with Crippen LogP contribution in [-0.4, -0.2) is 30.2 Å². The maximum Gasteiger partial charge on any atom is 0.338 e. The van der Waals surface area contributed by atoms with Crippen LogP contribution in [0.2, 0.25) is 0 Å². The molecule has 5 aromatic rings. The summed E-state index contributed by atoms with van der Waals surface area (Å²) >= 11 is 1.21. The van der Waals surface area contributed by atoms with E-state index in [4.69, 9.17) is 18.9 Å². The molecule has 10 heteroatoms. The molecule has 1 atom stereocenters. The van der Waals surface area contributed by atoms with Gasteiger partial charge in [-0.3, -0.25) is 14.2 Å². The molecule has 0 unspecified atom stereocenters. The number of benzene rings is 3. The van der Waals surface area contributed by atoms with Crippen LogP contribution in [0.1, 0.15) is 41.6 Å². The number of hydrogen-bond donors (Lipinski definition) is 1. The van der Waals surface area contributed by atoms with Crippen molar-refractivity contribution in [3.8, 4) is 17.1 Å². The van der Waals surface area contributed by atoms with Gasteiger partial charge >= 0.3 is 5.97 Å². The zero-order chi connectivity index (χ0) is 31.5. The molecule has 3 aromatic carbocycles. The molecule has 1 aliphatic rings. The highest BCUT2D eigenvalue weighted by Gasteiger charge is 2.33. The van der Waals surface area contributed by atoms with Crippen LogP contribution in [0, 0.1) is 0 Å². The smallest absolute Gasteiger partial charge is 0.338 e. The number of fused-ring (bicyclic) bond motifs is 1. The number of aromatic nitrogens is 1. The summed E-state index contributed by atoms with van der Waals surface area (Å²) in [6.45, 7) is 3.81. The van der Waals surface area contributed by atoms with Gasteiger partial charge in [-0.2, -0.15) is 0 Å². The average molecular weight is 620 g/mol. The van der Waals surface area contributed by atoms with Crippen molar-refractivity contribution in [1.82, 2.24) is 4.57 Å². The molecule has 0 saturated heterocycles. The number of rotatable bonds is 8. The largest absolute Gasteiger partial charge is 0.497 e. The number of amides is 1. The highest BCUT2D eigenvalue weighted by molar-refractivity contribution is 7.07. The third kappa shape index (κ3) is 6.00. The van der Waals surface area contributed by atoms with E-state index >= 15 is 0 Å². The van der Waals surface area contributed by atoms with Crippen molar-refractivity contribution in [2.75, 3.05) is 19.0 Å². The number of nitrogens with zero attached hydrogens (tertiary/aromatic N) is 2. The lowest BCUT2D eigenvalue weighted by atomic mass is 9.95. The van der Waals surface area contributed by atoms with E-state index in [2.05, 4.69) is 5.32 Å². The molecule has 3 heterocycles. The number of methoxy groups -OCH3 is 1. The van der Waals surface area contributed by atoms with Gasteiger partial charge in [0.2, 0.25) is 0 Å². The number of esters is 1. The predicted molar refractivity (Wildman–Crippen MR) is 172 cm³/mol. The number of anilines is 1. The fraction of sp³-hybridized carbons (Fsp3) is 0.143. The zero-order valence-corrected chi connectivity index (χ0v) is 25.6. The molecule has 0 bridgehead atoms. The minimum Gasteiger partial charge on any atom is -0.497 e. The maximum absolute atomic E-state index is 14.1. The Morgan fingerprint density at radius 2 is 1.82 bits per heavy atom. The molecule has 1 aliphatic heterocycles. The highest BCUT2D eigenvalue weighted by atomic mass is 32.1. The minimum atomic E-state index is -0.750. The van der Waals surface area contributed by atoms with Crippen LogP contribution in [0.5, 0.6) is 5.75 Å². The molecule has 226 valence electrons. The molecule has 0 aliphatic carbocycles. The van der Waals surface area contributed by atoms with Gasteiger partial charge in [-0.05, 0) is 67.9 Å². The number of furan rings is 1. The summed E-state index contributed by atoms with van der Waals surface area (Å²) in [4.78, 5) is 45.2. The quantitative estimate of drug-likeness (QED) is 0.236. The van der Waals surface area contributed by atoms with E-state index in [-0.39, 0.29) is 18.1 Å². The average Bonchev–Trinajstić information content (AvgIpc) is 3.65. The van der Waals surface area contributed by atoms with Crippen LogP contribution >= 0.6 is 11.3 Å². The van der Waals surface area contributed by atoms with Crippen molar-refractivity contribution in [3.05, 3.63) is 139 Å². The molecule has 0 fully saturated rings. The molecular formula is C35H29N3O6S. The molecule has 1 amide bonds. The first-order valence-electron chi connectivity index (χ1n) is 14.3. The summed E-state index contributed by atoms with van der Waals surface area (Å²) in [5, 5.41) is 2.95. The number of thiazole rings is 1. The van der Waals surface area contributed by atoms with Crippen molar-refractivity contribution in [2.24, 2.45) is 4.99 Å². The topological polar surface area (TPSA) is 112 Å². The Labute approximate surface area is 262 Å². The standard InChI is InChI=1S/C35H29N3O6S/c1-4-43-34(41)24-12-8-10-22(18-24)28-17-16-27(44-28)20-29-33(40)38-31(23-11-9-15-26(19-23)42-3)30(21(2)36-35(38)45-29)32(39)37-25-13-6-5-7-14-25/h5-20,31H,4H2,1-3H3,(H,37,39)/b29-20-/t31-/m0/s1. The lowest BCUT2D eigenvalue weighted by Crippen LogP contribution is -2.40.